The van der Waals surface area contributed by atoms with Crippen molar-refractivity contribution < 1.29 is 4.39 Å². The van der Waals surface area contributed by atoms with Crippen LogP contribution in [0.15, 0.2) is 29.4 Å². The van der Waals surface area contributed by atoms with Crippen molar-refractivity contribution in [2.75, 3.05) is 0 Å². The number of aryl methyl sites for hydroxylation is 1. The van der Waals surface area contributed by atoms with Crippen LogP contribution in [-0.2, 0) is 6.42 Å². The molecule has 0 atom stereocenters. The van der Waals surface area contributed by atoms with E-state index in [0.717, 1.165) is 29.9 Å². The summed E-state index contributed by atoms with van der Waals surface area (Å²) in [4.78, 5) is 0. The van der Waals surface area contributed by atoms with Crippen molar-refractivity contribution in [2.24, 2.45) is 5.10 Å². The topological polar surface area (TPSA) is 43.1 Å². The number of hydrogen-bond donors (Lipinski definition) is 0. The van der Waals surface area contributed by atoms with E-state index < -0.39 is 0 Å². The van der Waals surface area contributed by atoms with Gasteiger partial charge < -0.3 is 0 Å². The molecular weight excluding hydrogens is 243 g/mol. The van der Waals surface area contributed by atoms with Crippen molar-refractivity contribution >= 4 is 17.3 Å². The van der Waals surface area contributed by atoms with Crippen LogP contribution >= 0.6 is 11.6 Å². The molecule has 0 amide bonds. The molecule has 0 bridgehead atoms. The SMILES string of the molecule is Fc1ccc(C2=Nn3c(Cl)nnc3CC2)cc1. The Morgan fingerprint density at radius 3 is 2.65 bits per heavy atom. The molecule has 0 saturated heterocycles. The molecule has 1 aliphatic heterocycles. The molecule has 17 heavy (non-hydrogen) atoms. The number of hydrogen-bond acceptors (Lipinski definition) is 3. The van der Waals surface area contributed by atoms with Crippen LogP contribution in [0.1, 0.15) is 17.8 Å². The normalized spacial score (nSPS) is 14.4. The fourth-order valence-electron chi connectivity index (χ4n) is 1.79. The molecule has 3 rings (SSSR count). The molecule has 86 valence electrons. The van der Waals surface area contributed by atoms with Crippen LogP contribution in [0.5, 0.6) is 0 Å². The number of halogens is 2. The first-order valence-electron chi connectivity index (χ1n) is 5.17. The second kappa shape index (κ2) is 3.92. The molecule has 6 heteroatoms. The van der Waals surface area contributed by atoms with Crippen molar-refractivity contribution in [3.63, 3.8) is 0 Å². The van der Waals surface area contributed by atoms with Crippen LogP contribution in [-0.4, -0.2) is 20.6 Å². The quantitative estimate of drug-likeness (QED) is 0.779. The number of aromatic nitrogens is 3. The van der Waals surface area contributed by atoms with Gasteiger partial charge in [-0.3, -0.25) is 0 Å². The van der Waals surface area contributed by atoms with E-state index in [4.69, 9.17) is 11.6 Å². The van der Waals surface area contributed by atoms with Crippen molar-refractivity contribution in [1.82, 2.24) is 14.9 Å². The van der Waals surface area contributed by atoms with Gasteiger partial charge in [0.05, 0.1) is 5.71 Å². The lowest BCUT2D eigenvalue weighted by molar-refractivity contribution is 0.627. The van der Waals surface area contributed by atoms with Gasteiger partial charge in [0.25, 0.3) is 0 Å². The lowest BCUT2D eigenvalue weighted by Crippen LogP contribution is -2.14. The fraction of sp³-hybridized carbons (Fsp3) is 0.182. The summed E-state index contributed by atoms with van der Waals surface area (Å²) < 4.78 is 14.3. The summed E-state index contributed by atoms with van der Waals surface area (Å²) in [5, 5.41) is 12.3. The molecule has 4 nitrogen and oxygen atoms in total. The van der Waals surface area contributed by atoms with E-state index in [-0.39, 0.29) is 11.1 Å². The van der Waals surface area contributed by atoms with Gasteiger partial charge in [0.1, 0.15) is 5.82 Å². The monoisotopic (exact) mass is 250 g/mol. The van der Waals surface area contributed by atoms with Gasteiger partial charge in [0.2, 0.25) is 5.28 Å². The largest absolute Gasteiger partial charge is 0.245 e. The van der Waals surface area contributed by atoms with Gasteiger partial charge >= 0.3 is 0 Å². The zero-order valence-electron chi connectivity index (χ0n) is 8.77. The van der Waals surface area contributed by atoms with Gasteiger partial charge in [-0.25, -0.2) is 4.39 Å². The maximum absolute atomic E-state index is 12.8. The van der Waals surface area contributed by atoms with E-state index in [2.05, 4.69) is 15.3 Å². The standard InChI is InChI=1S/C11H8ClFN4/c12-11-15-14-10-6-5-9(16-17(10)11)7-1-3-8(13)4-2-7/h1-4H,5-6H2. The molecule has 1 aromatic carbocycles. The molecule has 0 aliphatic carbocycles. The first-order valence-corrected chi connectivity index (χ1v) is 5.55. The van der Waals surface area contributed by atoms with Crippen LogP contribution < -0.4 is 0 Å². The van der Waals surface area contributed by atoms with Gasteiger partial charge in [-0.15, -0.1) is 10.2 Å². The highest BCUT2D eigenvalue weighted by Gasteiger charge is 2.17. The van der Waals surface area contributed by atoms with Crippen molar-refractivity contribution in [3.8, 4) is 0 Å². The van der Waals surface area contributed by atoms with E-state index in [1.165, 1.54) is 16.8 Å². The average molecular weight is 251 g/mol. The van der Waals surface area contributed by atoms with E-state index >= 15 is 0 Å². The fourth-order valence-corrected chi connectivity index (χ4v) is 1.96. The lowest BCUT2D eigenvalue weighted by Gasteiger charge is -2.12. The van der Waals surface area contributed by atoms with E-state index in [0.29, 0.717) is 0 Å². The Balaban J connectivity index is 2.03. The number of nitrogens with zero attached hydrogens (tertiary/aromatic N) is 4. The summed E-state index contributed by atoms with van der Waals surface area (Å²) in [6.07, 6.45) is 1.48. The van der Waals surface area contributed by atoms with Crippen LogP contribution in [0.4, 0.5) is 4.39 Å². The minimum atomic E-state index is -0.256. The van der Waals surface area contributed by atoms with Crippen LogP contribution in [0, 0.1) is 5.82 Å². The van der Waals surface area contributed by atoms with Gasteiger partial charge in [0.15, 0.2) is 5.82 Å². The average Bonchev–Trinajstić information content (AvgIpc) is 2.72. The minimum Gasteiger partial charge on any atom is -0.207 e. The minimum absolute atomic E-state index is 0.249. The third-order valence-corrected chi connectivity index (χ3v) is 2.89. The molecule has 1 aliphatic rings. The maximum Gasteiger partial charge on any atom is 0.245 e. The number of fused-ring (bicyclic) bond motifs is 1. The van der Waals surface area contributed by atoms with E-state index in [1.54, 1.807) is 12.1 Å². The second-order valence-corrected chi connectivity index (χ2v) is 4.09. The van der Waals surface area contributed by atoms with Gasteiger partial charge in [0, 0.05) is 6.42 Å². The molecule has 2 aromatic rings. The number of rotatable bonds is 1. The lowest BCUT2D eigenvalue weighted by atomic mass is 10.0. The zero-order valence-corrected chi connectivity index (χ0v) is 9.52. The number of benzene rings is 1. The van der Waals surface area contributed by atoms with Crippen molar-refractivity contribution in [1.29, 1.82) is 0 Å². The predicted octanol–water partition coefficient (Wildman–Crippen LogP) is 2.27. The second-order valence-electron chi connectivity index (χ2n) is 3.75. The molecule has 0 unspecified atom stereocenters. The summed E-state index contributed by atoms with van der Waals surface area (Å²) >= 11 is 5.86. The molecule has 2 heterocycles. The zero-order chi connectivity index (χ0) is 11.8. The maximum atomic E-state index is 12.8. The predicted molar refractivity (Wildman–Crippen MR) is 61.7 cm³/mol. The highest BCUT2D eigenvalue weighted by molar-refractivity contribution is 6.28. The summed E-state index contributed by atoms with van der Waals surface area (Å²) in [5.41, 5.74) is 1.75. The molecule has 1 aromatic heterocycles. The Morgan fingerprint density at radius 2 is 1.88 bits per heavy atom. The van der Waals surface area contributed by atoms with E-state index in [1.807, 2.05) is 0 Å². The summed E-state index contributed by atoms with van der Waals surface area (Å²) in [6.45, 7) is 0. The molecule has 0 saturated carbocycles. The smallest absolute Gasteiger partial charge is 0.207 e. The van der Waals surface area contributed by atoms with Crippen LogP contribution in [0.25, 0.3) is 0 Å². The molecule has 0 fully saturated rings. The van der Waals surface area contributed by atoms with Crippen LogP contribution in [0.2, 0.25) is 5.28 Å². The van der Waals surface area contributed by atoms with Crippen LogP contribution in [0.3, 0.4) is 0 Å². The first-order chi connectivity index (χ1) is 8.24. The van der Waals surface area contributed by atoms with Crippen molar-refractivity contribution in [3.05, 3.63) is 46.8 Å². The third-order valence-electron chi connectivity index (χ3n) is 2.65. The van der Waals surface area contributed by atoms with Gasteiger partial charge in [-0.05, 0) is 35.7 Å². The molecular formula is C11H8ClFN4. The summed E-state index contributed by atoms with van der Waals surface area (Å²) in [5.74, 6) is 0.494. The Hall–Kier alpha value is -1.75. The summed E-state index contributed by atoms with van der Waals surface area (Å²) in [7, 11) is 0. The molecule has 0 N–H and O–H groups in total. The Labute approximate surface area is 102 Å². The van der Waals surface area contributed by atoms with Gasteiger partial charge in [-0.2, -0.15) is 9.78 Å². The van der Waals surface area contributed by atoms with Gasteiger partial charge in [-0.1, -0.05) is 12.1 Å². The molecule has 0 spiro atoms. The highest BCUT2D eigenvalue weighted by atomic mass is 35.5. The Kier molecular flexibility index (Phi) is 2.40. The Bertz CT molecular complexity index is 588. The highest BCUT2D eigenvalue weighted by Crippen LogP contribution is 2.18. The van der Waals surface area contributed by atoms with E-state index in [9.17, 15) is 4.39 Å². The molecule has 0 radical (unpaired) electrons. The summed E-state index contributed by atoms with van der Waals surface area (Å²) in [6, 6.07) is 6.25. The third kappa shape index (κ3) is 1.82. The first kappa shape index (κ1) is 10.4. The van der Waals surface area contributed by atoms with Crippen molar-refractivity contribution in [2.45, 2.75) is 12.8 Å². The Morgan fingerprint density at radius 1 is 1.12 bits per heavy atom.